The summed E-state index contributed by atoms with van der Waals surface area (Å²) < 4.78 is 5.82. The Morgan fingerprint density at radius 3 is 2.57 bits per heavy atom. The molecule has 0 bridgehead atoms. The topological polar surface area (TPSA) is 34.1 Å². The van der Waals surface area contributed by atoms with E-state index in [0.717, 1.165) is 24.4 Å². The molecule has 3 heteroatoms. The minimum Gasteiger partial charge on any atom is -0.439 e. The zero-order valence-electron chi connectivity index (χ0n) is 13.3. The van der Waals surface area contributed by atoms with Gasteiger partial charge in [0.05, 0.1) is 0 Å². The van der Waals surface area contributed by atoms with Crippen molar-refractivity contribution >= 4 is 0 Å². The molecule has 0 saturated carbocycles. The minimum atomic E-state index is 0.530. The van der Waals surface area contributed by atoms with Gasteiger partial charge in [-0.2, -0.15) is 0 Å². The molecule has 21 heavy (non-hydrogen) atoms. The third-order valence-electron chi connectivity index (χ3n) is 3.46. The van der Waals surface area contributed by atoms with Gasteiger partial charge in [0.2, 0.25) is 5.88 Å². The second-order valence-electron chi connectivity index (χ2n) is 5.56. The number of hydrogen-bond donors (Lipinski definition) is 1. The molecule has 2 aromatic rings. The van der Waals surface area contributed by atoms with Crippen LogP contribution in [0, 0.1) is 6.92 Å². The second kappa shape index (κ2) is 7.23. The van der Waals surface area contributed by atoms with Gasteiger partial charge in [0, 0.05) is 18.8 Å². The molecular weight excluding hydrogens is 260 g/mol. The number of nitrogens with one attached hydrogen (secondary N) is 1. The molecule has 0 spiro atoms. The van der Waals surface area contributed by atoms with Crippen molar-refractivity contribution in [3.63, 3.8) is 0 Å². The van der Waals surface area contributed by atoms with Crippen molar-refractivity contribution in [2.24, 2.45) is 0 Å². The fourth-order valence-corrected chi connectivity index (χ4v) is 2.33. The molecule has 0 saturated heterocycles. The van der Waals surface area contributed by atoms with Crippen LogP contribution in [-0.4, -0.2) is 11.5 Å². The Balaban J connectivity index is 2.06. The van der Waals surface area contributed by atoms with Crippen LogP contribution in [-0.2, 0) is 6.54 Å². The van der Waals surface area contributed by atoms with Crippen LogP contribution in [0.15, 0.2) is 36.5 Å². The van der Waals surface area contributed by atoms with Crippen LogP contribution in [0.5, 0.6) is 11.6 Å². The van der Waals surface area contributed by atoms with Crippen molar-refractivity contribution in [2.75, 3.05) is 6.54 Å². The molecular formula is C18H24N2O. The largest absolute Gasteiger partial charge is 0.439 e. The van der Waals surface area contributed by atoms with Gasteiger partial charge in [-0.05, 0) is 48.2 Å². The number of pyridine rings is 1. The molecule has 0 unspecified atom stereocenters. The smallest absolute Gasteiger partial charge is 0.219 e. The summed E-state index contributed by atoms with van der Waals surface area (Å²) in [6.45, 7) is 10.4. The third kappa shape index (κ3) is 4.30. The van der Waals surface area contributed by atoms with Crippen LogP contribution in [0.2, 0.25) is 0 Å². The number of benzene rings is 1. The first-order chi connectivity index (χ1) is 10.1. The molecule has 0 fully saturated rings. The minimum absolute atomic E-state index is 0.530. The van der Waals surface area contributed by atoms with Crippen LogP contribution < -0.4 is 10.1 Å². The monoisotopic (exact) mass is 284 g/mol. The highest BCUT2D eigenvalue weighted by Gasteiger charge is 2.06. The molecule has 1 heterocycles. The summed E-state index contributed by atoms with van der Waals surface area (Å²) in [6, 6.07) is 10.2. The lowest BCUT2D eigenvalue weighted by atomic mass is 9.98. The van der Waals surface area contributed by atoms with E-state index in [1.54, 1.807) is 0 Å². The Hall–Kier alpha value is -1.87. The van der Waals surface area contributed by atoms with Gasteiger partial charge in [-0.25, -0.2) is 4.98 Å². The fraction of sp³-hybridized carbons (Fsp3) is 0.389. The van der Waals surface area contributed by atoms with Crippen molar-refractivity contribution in [3.05, 3.63) is 53.2 Å². The first-order valence-corrected chi connectivity index (χ1v) is 7.54. The van der Waals surface area contributed by atoms with Gasteiger partial charge < -0.3 is 10.1 Å². The number of ether oxygens (including phenoxy) is 1. The van der Waals surface area contributed by atoms with Gasteiger partial charge >= 0.3 is 0 Å². The van der Waals surface area contributed by atoms with E-state index in [4.69, 9.17) is 4.74 Å². The fourth-order valence-electron chi connectivity index (χ4n) is 2.33. The van der Waals surface area contributed by atoms with E-state index in [9.17, 15) is 0 Å². The Morgan fingerprint density at radius 1 is 1.19 bits per heavy atom. The average Bonchev–Trinajstić information content (AvgIpc) is 2.46. The molecule has 112 valence electrons. The van der Waals surface area contributed by atoms with Crippen molar-refractivity contribution in [3.8, 4) is 11.6 Å². The first-order valence-electron chi connectivity index (χ1n) is 7.54. The molecule has 0 aliphatic heterocycles. The van der Waals surface area contributed by atoms with E-state index < -0.39 is 0 Å². The van der Waals surface area contributed by atoms with Gasteiger partial charge in [0.1, 0.15) is 5.75 Å². The Kier molecular flexibility index (Phi) is 5.34. The zero-order chi connectivity index (χ0) is 15.2. The Morgan fingerprint density at radius 2 is 2.00 bits per heavy atom. The molecule has 1 N–H and O–H groups in total. The summed E-state index contributed by atoms with van der Waals surface area (Å²) in [5.41, 5.74) is 3.78. The zero-order valence-corrected chi connectivity index (χ0v) is 13.3. The summed E-state index contributed by atoms with van der Waals surface area (Å²) in [4.78, 5) is 4.35. The number of rotatable bonds is 6. The number of aromatic nitrogens is 1. The van der Waals surface area contributed by atoms with Crippen LogP contribution >= 0.6 is 0 Å². The third-order valence-corrected chi connectivity index (χ3v) is 3.46. The van der Waals surface area contributed by atoms with E-state index in [-0.39, 0.29) is 0 Å². The van der Waals surface area contributed by atoms with Crippen molar-refractivity contribution in [1.82, 2.24) is 10.3 Å². The molecule has 2 rings (SSSR count). The maximum Gasteiger partial charge on any atom is 0.219 e. The van der Waals surface area contributed by atoms with Gasteiger partial charge in [-0.1, -0.05) is 32.9 Å². The molecule has 1 aromatic carbocycles. The predicted molar refractivity (Wildman–Crippen MR) is 87.0 cm³/mol. The van der Waals surface area contributed by atoms with Gasteiger partial charge in [-0.15, -0.1) is 0 Å². The van der Waals surface area contributed by atoms with Crippen LogP contribution in [0.3, 0.4) is 0 Å². The highest BCUT2D eigenvalue weighted by Crippen LogP contribution is 2.26. The SMILES string of the molecule is CCNCc1ccc(Oc2ccc(C(C)C)c(C)c2)nc1. The van der Waals surface area contributed by atoms with E-state index in [1.165, 1.54) is 11.1 Å². The quantitative estimate of drug-likeness (QED) is 0.853. The summed E-state index contributed by atoms with van der Waals surface area (Å²) in [6.07, 6.45) is 1.85. The maximum absolute atomic E-state index is 5.82. The molecule has 0 radical (unpaired) electrons. The maximum atomic E-state index is 5.82. The molecule has 0 atom stereocenters. The van der Waals surface area contributed by atoms with E-state index >= 15 is 0 Å². The lowest BCUT2D eigenvalue weighted by molar-refractivity contribution is 0.461. The Bertz CT molecular complexity index is 576. The van der Waals surface area contributed by atoms with E-state index in [2.05, 4.69) is 50.1 Å². The lowest BCUT2D eigenvalue weighted by Crippen LogP contribution is -2.11. The lowest BCUT2D eigenvalue weighted by Gasteiger charge is -2.12. The van der Waals surface area contributed by atoms with E-state index in [0.29, 0.717) is 11.8 Å². The summed E-state index contributed by atoms with van der Waals surface area (Å²) in [7, 11) is 0. The second-order valence-corrected chi connectivity index (χ2v) is 5.56. The summed E-state index contributed by atoms with van der Waals surface area (Å²) in [5.74, 6) is 2.00. The molecule has 0 aliphatic rings. The standard InChI is InChI=1S/C18H24N2O/c1-5-19-11-15-6-9-18(20-12-15)21-16-7-8-17(13(2)3)14(4)10-16/h6-10,12-13,19H,5,11H2,1-4H3. The van der Waals surface area contributed by atoms with Gasteiger partial charge in [0.15, 0.2) is 0 Å². The van der Waals surface area contributed by atoms with Crippen molar-refractivity contribution in [2.45, 2.75) is 40.2 Å². The molecule has 1 aromatic heterocycles. The number of nitrogens with zero attached hydrogens (tertiary/aromatic N) is 1. The van der Waals surface area contributed by atoms with Crippen LogP contribution in [0.25, 0.3) is 0 Å². The number of hydrogen-bond acceptors (Lipinski definition) is 3. The van der Waals surface area contributed by atoms with Gasteiger partial charge in [-0.3, -0.25) is 0 Å². The molecule has 3 nitrogen and oxygen atoms in total. The Labute approximate surface area is 127 Å². The van der Waals surface area contributed by atoms with E-state index in [1.807, 2.05) is 24.4 Å². The summed E-state index contributed by atoms with van der Waals surface area (Å²) >= 11 is 0. The molecule has 0 amide bonds. The van der Waals surface area contributed by atoms with Crippen molar-refractivity contribution in [1.29, 1.82) is 0 Å². The van der Waals surface area contributed by atoms with Gasteiger partial charge in [0.25, 0.3) is 0 Å². The average molecular weight is 284 g/mol. The van der Waals surface area contributed by atoms with Crippen LogP contribution in [0.4, 0.5) is 0 Å². The van der Waals surface area contributed by atoms with Crippen molar-refractivity contribution < 1.29 is 4.74 Å². The predicted octanol–water partition coefficient (Wildman–Crippen LogP) is 4.42. The van der Waals surface area contributed by atoms with Crippen LogP contribution in [0.1, 0.15) is 43.4 Å². The number of aryl methyl sites for hydroxylation is 1. The normalized spacial score (nSPS) is 10.9. The highest BCUT2D eigenvalue weighted by molar-refractivity contribution is 5.38. The summed E-state index contributed by atoms with van der Waals surface area (Å²) in [5, 5.41) is 3.28. The first kappa shape index (κ1) is 15.5. The molecule has 0 aliphatic carbocycles. The highest BCUT2D eigenvalue weighted by atomic mass is 16.5.